The van der Waals surface area contributed by atoms with Crippen LogP contribution in [0.1, 0.15) is 29.8 Å². The maximum absolute atomic E-state index is 14.1. The highest BCUT2D eigenvalue weighted by atomic mass is 19.1. The summed E-state index contributed by atoms with van der Waals surface area (Å²) in [5.41, 5.74) is 2.23. The van der Waals surface area contributed by atoms with E-state index in [0.717, 1.165) is 5.69 Å². The Labute approximate surface area is 186 Å². The van der Waals surface area contributed by atoms with Gasteiger partial charge in [-0.2, -0.15) is 0 Å². The summed E-state index contributed by atoms with van der Waals surface area (Å²) in [4.78, 5) is 17.6. The minimum atomic E-state index is -0.577. The molecular formula is C25H27F2N3O2. The quantitative estimate of drug-likeness (QED) is 0.651. The number of aromatic nitrogens is 1. The molecule has 0 amide bonds. The van der Waals surface area contributed by atoms with Gasteiger partial charge in [-0.05, 0) is 61.9 Å². The number of anilines is 1. The highest BCUT2D eigenvalue weighted by Gasteiger charge is 2.31. The molecule has 0 bridgehead atoms. The van der Waals surface area contributed by atoms with Crippen LogP contribution in [0.3, 0.4) is 0 Å². The molecule has 1 N–H and O–H groups in total. The second-order valence-electron chi connectivity index (χ2n) is 8.09. The largest absolute Gasteiger partial charge is 0.507 e. The molecule has 168 valence electrons. The molecule has 1 saturated heterocycles. The van der Waals surface area contributed by atoms with E-state index in [2.05, 4.69) is 9.80 Å². The van der Waals surface area contributed by atoms with Gasteiger partial charge >= 0.3 is 0 Å². The molecule has 0 unspecified atom stereocenters. The van der Waals surface area contributed by atoms with E-state index in [0.29, 0.717) is 44.0 Å². The zero-order chi connectivity index (χ0) is 22.8. The third-order valence-electron chi connectivity index (χ3n) is 6.15. The van der Waals surface area contributed by atoms with Crippen molar-refractivity contribution in [3.05, 3.63) is 93.4 Å². The van der Waals surface area contributed by atoms with Crippen molar-refractivity contribution in [2.45, 2.75) is 26.4 Å². The van der Waals surface area contributed by atoms with Crippen LogP contribution in [0, 0.1) is 18.6 Å². The number of hydrogen-bond acceptors (Lipinski definition) is 4. The highest BCUT2D eigenvalue weighted by Crippen LogP contribution is 2.34. The molecule has 1 aliphatic rings. The summed E-state index contributed by atoms with van der Waals surface area (Å²) < 4.78 is 29.0. The van der Waals surface area contributed by atoms with Gasteiger partial charge in [-0.15, -0.1) is 0 Å². The van der Waals surface area contributed by atoms with E-state index in [9.17, 15) is 18.7 Å². The van der Waals surface area contributed by atoms with Gasteiger partial charge in [-0.3, -0.25) is 9.69 Å². The van der Waals surface area contributed by atoms with Crippen molar-refractivity contribution in [3.8, 4) is 5.75 Å². The van der Waals surface area contributed by atoms with E-state index in [1.165, 1.54) is 24.3 Å². The number of aryl methyl sites for hydroxylation is 1. The van der Waals surface area contributed by atoms with Crippen molar-refractivity contribution >= 4 is 5.69 Å². The Morgan fingerprint density at radius 3 is 2.28 bits per heavy atom. The lowest BCUT2D eigenvalue weighted by Crippen LogP contribution is -2.49. The summed E-state index contributed by atoms with van der Waals surface area (Å²) in [5, 5.41) is 10.8. The molecule has 1 fully saturated rings. The van der Waals surface area contributed by atoms with Crippen molar-refractivity contribution in [3.63, 3.8) is 0 Å². The molecule has 0 spiro atoms. The molecule has 7 heteroatoms. The topological polar surface area (TPSA) is 48.7 Å². The van der Waals surface area contributed by atoms with E-state index in [1.807, 2.05) is 6.92 Å². The Morgan fingerprint density at radius 1 is 0.969 bits per heavy atom. The van der Waals surface area contributed by atoms with Gasteiger partial charge in [0.05, 0.1) is 11.6 Å². The van der Waals surface area contributed by atoms with Crippen LogP contribution in [0.25, 0.3) is 0 Å². The Hall–Kier alpha value is -3.19. The number of aromatic hydroxyl groups is 1. The van der Waals surface area contributed by atoms with Gasteiger partial charge in [0.2, 0.25) is 0 Å². The first kappa shape index (κ1) is 22.0. The zero-order valence-corrected chi connectivity index (χ0v) is 18.3. The van der Waals surface area contributed by atoms with Crippen LogP contribution in [0.5, 0.6) is 5.75 Å². The van der Waals surface area contributed by atoms with Gasteiger partial charge in [0.15, 0.2) is 0 Å². The van der Waals surface area contributed by atoms with Crippen LogP contribution in [0.15, 0.2) is 59.4 Å². The molecule has 32 heavy (non-hydrogen) atoms. The number of hydrogen-bond donors (Lipinski definition) is 1. The van der Waals surface area contributed by atoms with Crippen molar-refractivity contribution in [2.75, 3.05) is 31.1 Å². The monoisotopic (exact) mass is 439 g/mol. The first-order valence-electron chi connectivity index (χ1n) is 10.8. The van der Waals surface area contributed by atoms with E-state index in [4.69, 9.17) is 0 Å². The van der Waals surface area contributed by atoms with Crippen molar-refractivity contribution < 1.29 is 13.9 Å². The molecule has 0 saturated carbocycles. The van der Waals surface area contributed by atoms with Gasteiger partial charge in [-0.25, -0.2) is 8.78 Å². The smallest absolute Gasteiger partial charge is 0.259 e. The van der Waals surface area contributed by atoms with Gasteiger partial charge in [0.25, 0.3) is 5.56 Å². The van der Waals surface area contributed by atoms with Crippen molar-refractivity contribution in [1.82, 2.24) is 9.47 Å². The third-order valence-corrected chi connectivity index (χ3v) is 6.15. The van der Waals surface area contributed by atoms with E-state index < -0.39 is 6.04 Å². The summed E-state index contributed by atoms with van der Waals surface area (Å²) >= 11 is 0. The average molecular weight is 440 g/mol. The normalized spacial score (nSPS) is 15.7. The van der Waals surface area contributed by atoms with Crippen LogP contribution in [-0.4, -0.2) is 40.8 Å². The molecule has 1 aliphatic heterocycles. The molecular weight excluding hydrogens is 412 g/mol. The predicted octanol–water partition coefficient (Wildman–Crippen LogP) is 4.07. The lowest BCUT2D eigenvalue weighted by molar-refractivity contribution is 0.207. The number of nitrogens with zero attached hydrogens (tertiary/aromatic N) is 3. The minimum absolute atomic E-state index is 0.0765. The summed E-state index contributed by atoms with van der Waals surface area (Å²) in [5.74, 6) is -0.743. The second kappa shape index (κ2) is 9.12. The molecule has 1 aromatic heterocycles. The van der Waals surface area contributed by atoms with E-state index in [1.54, 1.807) is 41.8 Å². The summed E-state index contributed by atoms with van der Waals surface area (Å²) in [6, 6.07) is 13.6. The maximum atomic E-state index is 14.1. The fourth-order valence-electron chi connectivity index (χ4n) is 4.55. The summed E-state index contributed by atoms with van der Waals surface area (Å²) in [6.45, 7) is 6.65. The second-order valence-corrected chi connectivity index (χ2v) is 8.09. The number of halogens is 2. The Balaban J connectivity index is 1.71. The fraction of sp³-hybridized carbons (Fsp3) is 0.320. The van der Waals surface area contributed by atoms with Crippen LogP contribution >= 0.6 is 0 Å². The minimum Gasteiger partial charge on any atom is -0.507 e. The van der Waals surface area contributed by atoms with E-state index in [-0.39, 0.29) is 28.5 Å². The van der Waals surface area contributed by atoms with Crippen LogP contribution < -0.4 is 10.5 Å². The molecule has 1 atom stereocenters. The van der Waals surface area contributed by atoms with Gasteiger partial charge in [-0.1, -0.05) is 12.1 Å². The summed E-state index contributed by atoms with van der Waals surface area (Å²) in [6.07, 6.45) is 0. The average Bonchev–Trinajstić information content (AvgIpc) is 2.77. The summed E-state index contributed by atoms with van der Waals surface area (Å²) in [7, 11) is 0. The fourth-order valence-corrected chi connectivity index (χ4v) is 4.55. The Morgan fingerprint density at radius 2 is 1.66 bits per heavy atom. The van der Waals surface area contributed by atoms with Gasteiger partial charge < -0.3 is 14.6 Å². The standard InChI is InChI=1S/C25H27F2N3O2/c1-3-30-17(2)15-22(31)23(25(30)32)24(18-5-4-6-20(27)16-18)29-13-11-28(12-14-29)21-9-7-19(26)8-10-21/h4-10,15-16,24,31H,3,11-14H2,1-2H3/t24-/m1/s1. The molecule has 0 radical (unpaired) electrons. The first-order chi connectivity index (χ1) is 15.4. The molecule has 2 aromatic carbocycles. The van der Waals surface area contributed by atoms with Gasteiger partial charge in [0.1, 0.15) is 17.4 Å². The van der Waals surface area contributed by atoms with Crippen LogP contribution in [-0.2, 0) is 6.54 Å². The first-order valence-corrected chi connectivity index (χ1v) is 10.8. The number of benzene rings is 2. The van der Waals surface area contributed by atoms with E-state index >= 15 is 0 Å². The van der Waals surface area contributed by atoms with Crippen LogP contribution in [0.4, 0.5) is 14.5 Å². The molecule has 0 aliphatic carbocycles. The van der Waals surface area contributed by atoms with Crippen molar-refractivity contribution in [2.24, 2.45) is 0 Å². The molecule has 3 aromatic rings. The number of rotatable bonds is 5. The SMILES string of the molecule is CCn1c(C)cc(O)c([C@@H](c2cccc(F)c2)N2CCN(c3ccc(F)cc3)CC2)c1=O. The lowest BCUT2D eigenvalue weighted by atomic mass is 9.95. The number of piperazine rings is 1. The maximum Gasteiger partial charge on any atom is 0.259 e. The lowest BCUT2D eigenvalue weighted by Gasteiger charge is -2.40. The number of pyridine rings is 1. The Bertz CT molecular complexity index is 1150. The predicted molar refractivity (Wildman–Crippen MR) is 121 cm³/mol. The molecule has 2 heterocycles. The molecule has 4 rings (SSSR count). The Kier molecular flexibility index (Phi) is 6.28. The van der Waals surface area contributed by atoms with Crippen molar-refractivity contribution in [1.29, 1.82) is 0 Å². The highest BCUT2D eigenvalue weighted by molar-refractivity contribution is 5.47. The van der Waals surface area contributed by atoms with Gasteiger partial charge in [0, 0.05) is 44.1 Å². The third kappa shape index (κ3) is 4.25. The molecule has 5 nitrogen and oxygen atoms in total. The zero-order valence-electron chi connectivity index (χ0n) is 18.3. The van der Waals surface area contributed by atoms with Crippen LogP contribution in [0.2, 0.25) is 0 Å².